The summed E-state index contributed by atoms with van der Waals surface area (Å²) >= 11 is 0. The van der Waals surface area contributed by atoms with E-state index >= 15 is 0 Å². The van der Waals surface area contributed by atoms with Crippen molar-refractivity contribution in [2.75, 3.05) is 51.6 Å². The summed E-state index contributed by atoms with van der Waals surface area (Å²) < 4.78 is 0. The predicted octanol–water partition coefficient (Wildman–Crippen LogP) is -0.00764. The lowest BCUT2D eigenvalue weighted by Gasteiger charge is -2.32. The fraction of sp³-hybridized carbons (Fsp3) is 0.440. The number of amides is 2. The van der Waals surface area contributed by atoms with Crippen LogP contribution in [-0.4, -0.2) is 63.0 Å². The van der Waals surface area contributed by atoms with Gasteiger partial charge in [-0.3, -0.25) is 9.59 Å². The summed E-state index contributed by atoms with van der Waals surface area (Å²) in [6.45, 7) is 11.3. The molecule has 6 heteroatoms. The van der Waals surface area contributed by atoms with Gasteiger partial charge in [-0.1, -0.05) is 35.9 Å². The van der Waals surface area contributed by atoms with Crippen LogP contribution in [0.25, 0.3) is 0 Å². The van der Waals surface area contributed by atoms with E-state index in [2.05, 4.69) is 36.5 Å². The number of aryl methyl sites for hydroxylation is 3. The highest BCUT2D eigenvalue weighted by molar-refractivity contribution is 5.91. The van der Waals surface area contributed by atoms with Gasteiger partial charge in [-0.15, -0.1) is 0 Å². The molecule has 2 aromatic carbocycles. The van der Waals surface area contributed by atoms with Gasteiger partial charge >= 0.3 is 0 Å². The van der Waals surface area contributed by atoms with Gasteiger partial charge in [0, 0.05) is 11.3 Å². The maximum atomic E-state index is 12.7. The first-order valence-corrected chi connectivity index (χ1v) is 11.2. The fourth-order valence-corrected chi connectivity index (χ4v) is 4.09. The number of nitrogens with one attached hydrogen (secondary N) is 3. The van der Waals surface area contributed by atoms with Gasteiger partial charge in [0.1, 0.15) is 6.54 Å². The first kappa shape index (κ1) is 23.0. The van der Waals surface area contributed by atoms with Crippen LogP contribution in [0.3, 0.4) is 0 Å². The standard InChI is InChI=1S/C25H34N4O2/c1-19-6-5-7-22(14-19)16-28-10-12-29(13-11-28)25(31)18-27(4)17-24(30)26-23-9-8-20(2)21(3)15-23/h5-9,14-15H,10-13,16-18H2,1-4H3,(H,26,30)/p+2. The van der Waals surface area contributed by atoms with Crippen molar-refractivity contribution in [1.29, 1.82) is 0 Å². The molecule has 3 rings (SSSR count). The molecule has 31 heavy (non-hydrogen) atoms. The number of hydrogen-bond donors (Lipinski definition) is 3. The van der Waals surface area contributed by atoms with Crippen molar-refractivity contribution in [3.05, 3.63) is 64.7 Å². The van der Waals surface area contributed by atoms with Crippen LogP contribution in [0.5, 0.6) is 0 Å². The van der Waals surface area contributed by atoms with E-state index in [0.717, 1.165) is 48.9 Å². The van der Waals surface area contributed by atoms with E-state index in [1.807, 2.05) is 44.0 Å². The maximum Gasteiger partial charge on any atom is 0.279 e. The minimum Gasteiger partial charge on any atom is -0.328 e. The highest BCUT2D eigenvalue weighted by Crippen LogP contribution is 2.13. The van der Waals surface area contributed by atoms with Crippen molar-refractivity contribution >= 4 is 17.5 Å². The molecule has 1 aliphatic heterocycles. The molecule has 1 saturated heterocycles. The molecule has 0 aliphatic carbocycles. The third-order valence-corrected chi connectivity index (χ3v) is 6.07. The van der Waals surface area contributed by atoms with E-state index in [1.165, 1.54) is 21.6 Å². The quantitative estimate of drug-likeness (QED) is 0.586. The molecule has 1 aliphatic rings. The zero-order valence-corrected chi connectivity index (χ0v) is 19.3. The van der Waals surface area contributed by atoms with E-state index in [0.29, 0.717) is 6.54 Å². The number of likely N-dealkylation sites (N-methyl/N-ethyl adjacent to an activating group) is 1. The third kappa shape index (κ3) is 6.91. The van der Waals surface area contributed by atoms with Crippen LogP contribution in [-0.2, 0) is 16.1 Å². The lowest BCUT2D eigenvalue weighted by molar-refractivity contribution is -0.917. The van der Waals surface area contributed by atoms with Gasteiger partial charge in [-0.2, -0.15) is 0 Å². The molecule has 2 aromatic rings. The Labute approximate surface area is 185 Å². The molecule has 1 fully saturated rings. The van der Waals surface area contributed by atoms with E-state index in [-0.39, 0.29) is 18.4 Å². The van der Waals surface area contributed by atoms with Crippen LogP contribution in [0, 0.1) is 20.8 Å². The molecule has 0 spiro atoms. The van der Waals surface area contributed by atoms with Crippen molar-refractivity contribution in [3.8, 4) is 0 Å². The van der Waals surface area contributed by atoms with Crippen LogP contribution in [0.15, 0.2) is 42.5 Å². The zero-order valence-electron chi connectivity index (χ0n) is 19.3. The summed E-state index contributed by atoms with van der Waals surface area (Å²) in [5.74, 6) is 0.0621. The number of nitrogens with zero attached hydrogens (tertiary/aromatic N) is 1. The lowest BCUT2D eigenvalue weighted by Crippen LogP contribution is -3.14. The Morgan fingerprint density at radius 1 is 1.00 bits per heavy atom. The number of quaternary nitrogens is 2. The Hall–Kier alpha value is -2.70. The molecule has 6 nitrogen and oxygen atoms in total. The Balaban J connectivity index is 1.40. The van der Waals surface area contributed by atoms with Crippen molar-refractivity contribution in [2.24, 2.45) is 0 Å². The van der Waals surface area contributed by atoms with Gasteiger partial charge in [0.05, 0.1) is 33.2 Å². The average molecular weight is 425 g/mol. The van der Waals surface area contributed by atoms with Gasteiger partial charge in [-0.05, 0) is 44.0 Å². The number of piperazine rings is 1. The Bertz CT molecular complexity index is 919. The number of benzene rings is 2. The van der Waals surface area contributed by atoms with Gasteiger partial charge < -0.3 is 20.0 Å². The first-order chi connectivity index (χ1) is 14.8. The van der Waals surface area contributed by atoms with Crippen molar-refractivity contribution in [2.45, 2.75) is 27.3 Å². The molecule has 0 saturated carbocycles. The Morgan fingerprint density at radius 2 is 1.74 bits per heavy atom. The molecule has 1 atom stereocenters. The van der Waals surface area contributed by atoms with Crippen molar-refractivity contribution < 1.29 is 19.4 Å². The predicted molar refractivity (Wildman–Crippen MR) is 123 cm³/mol. The van der Waals surface area contributed by atoms with Gasteiger partial charge in [-0.25, -0.2) is 0 Å². The topological polar surface area (TPSA) is 58.3 Å². The normalized spacial score (nSPS) is 15.5. The number of hydrogen-bond acceptors (Lipinski definition) is 2. The molecule has 0 bridgehead atoms. The smallest absolute Gasteiger partial charge is 0.279 e. The van der Waals surface area contributed by atoms with Crippen LogP contribution in [0.1, 0.15) is 22.3 Å². The molecule has 0 radical (unpaired) electrons. The van der Waals surface area contributed by atoms with Crippen LogP contribution < -0.4 is 15.1 Å². The van der Waals surface area contributed by atoms with Crippen molar-refractivity contribution in [3.63, 3.8) is 0 Å². The van der Waals surface area contributed by atoms with Crippen LogP contribution >= 0.6 is 0 Å². The number of carbonyl (C=O) groups excluding carboxylic acids is 2. The minimum absolute atomic E-state index is 0.0685. The maximum absolute atomic E-state index is 12.7. The monoisotopic (exact) mass is 424 g/mol. The van der Waals surface area contributed by atoms with E-state index in [9.17, 15) is 9.59 Å². The Morgan fingerprint density at radius 3 is 2.42 bits per heavy atom. The zero-order chi connectivity index (χ0) is 22.4. The average Bonchev–Trinajstić information content (AvgIpc) is 2.71. The van der Waals surface area contributed by atoms with Crippen LogP contribution in [0.4, 0.5) is 5.69 Å². The molecule has 3 N–H and O–H groups in total. The van der Waals surface area contributed by atoms with Gasteiger partial charge in [0.15, 0.2) is 13.1 Å². The van der Waals surface area contributed by atoms with E-state index in [1.54, 1.807) is 0 Å². The Kier molecular flexibility index (Phi) is 7.82. The molecule has 2 amide bonds. The highest BCUT2D eigenvalue weighted by Gasteiger charge is 2.26. The number of rotatable bonds is 7. The number of anilines is 1. The molecular weight excluding hydrogens is 388 g/mol. The van der Waals surface area contributed by atoms with Crippen molar-refractivity contribution in [1.82, 2.24) is 4.90 Å². The van der Waals surface area contributed by atoms with Gasteiger partial charge in [0.25, 0.3) is 11.8 Å². The summed E-state index contributed by atoms with van der Waals surface area (Å²) in [6.07, 6.45) is 0. The highest BCUT2D eigenvalue weighted by atomic mass is 16.2. The van der Waals surface area contributed by atoms with Gasteiger partial charge in [0.2, 0.25) is 0 Å². The van der Waals surface area contributed by atoms with E-state index in [4.69, 9.17) is 0 Å². The second-order valence-electron chi connectivity index (χ2n) is 8.95. The molecule has 1 heterocycles. The molecule has 1 unspecified atom stereocenters. The summed E-state index contributed by atoms with van der Waals surface area (Å²) in [5.41, 5.74) is 5.80. The summed E-state index contributed by atoms with van der Waals surface area (Å²) in [5, 5.41) is 2.94. The largest absolute Gasteiger partial charge is 0.328 e. The summed E-state index contributed by atoms with van der Waals surface area (Å²) in [6, 6.07) is 14.6. The molecule has 0 aromatic heterocycles. The summed E-state index contributed by atoms with van der Waals surface area (Å²) in [7, 11) is 1.90. The minimum atomic E-state index is -0.0685. The fourth-order valence-electron chi connectivity index (χ4n) is 4.09. The SMILES string of the molecule is Cc1cccc(C[NH+]2CCN(C(=O)C[NH+](C)CC(=O)Nc3ccc(C)c(C)c3)CC2)c1. The lowest BCUT2D eigenvalue weighted by atomic mass is 10.1. The second-order valence-corrected chi connectivity index (χ2v) is 8.95. The molecular formula is C25H36N4O2+2. The molecule has 166 valence electrons. The van der Waals surface area contributed by atoms with Crippen LogP contribution in [0.2, 0.25) is 0 Å². The third-order valence-electron chi connectivity index (χ3n) is 6.07. The van der Waals surface area contributed by atoms with E-state index < -0.39 is 0 Å². The number of carbonyl (C=O) groups is 2. The first-order valence-electron chi connectivity index (χ1n) is 11.2. The second kappa shape index (κ2) is 10.6. The summed E-state index contributed by atoms with van der Waals surface area (Å²) in [4.78, 5) is 29.4.